The van der Waals surface area contributed by atoms with Crippen molar-refractivity contribution >= 4 is 23.5 Å². The number of hydrogen-bond acceptors (Lipinski definition) is 5. The van der Waals surface area contributed by atoms with Crippen LogP contribution >= 0.6 is 11.6 Å². The van der Waals surface area contributed by atoms with E-state index in [1.807, 2.05) is 0 Å². The molecule has 0 heterocycles. The zero-order chi connectivity index (χ0) is 15.1. The summed E-state index contributed by atoms with van der Waals surface area (Å²) in [4.78, 5) is 23.1. The molecule has 0 aliphatic heterocycles. The van der Waals surface area contributed by atoms with Crippen molar-refractivity contribution in [3.63, 3.8) is 0 Å². The van der Waals surface area contributed by atoms with Gasteiger partial charge in [0.05, 0.1) is 6.61 Å². The Balaban J connectivity index is 2.49. The predicted octanol–water partition coefficient (Wildman–Crippen LogP) is 1.35. The maximum Gasteiger partial charge on any atom is 0.342 e. The predicted molar refractivity (Wildman–Crippen MR) is 72.9 cm³/mol. The number of phenolic OH excluding ortho intramolecular Hbond substituents is 1. The van der Waals surface area contributed by atoms with Gasteiger partial charge in [0.1, 0.15) is 11.3 Å². The van der Waals surface area contributed by atoms with Crippen molar-refractivity contribution in [2.45, 2.75) is 13.0 Å². The van der Waals surface area contributed by atoms with Gasteiger partial charge in [-0.15, -0.1) is 0 Å². The van der Waals surface area contributed by atoms with E-state index in [9.17, 15) is 14.7 Å². The number of methoxy groups -OCH3 is 1. The van der Waals surface area contributed by atoms with Gasteiger partial charge in [0, 0.05) is 18.2 Å². The summed E-state index contributed by atoms with van der Waals surface area (Å²) in [6.07, 6.45) is 0. The van der Waals surface area contributed by atoms with Gasteiger partial charge in [-0.25, -0.2) is 4.79 Å². The number of carbonyl (C=O) groups is 2. The van der Waals surface area contributed by atoms with Gasteiger partial charge in [0.2, 0.25) is 0 Å². The highest BCUT2D eigenvalue weighted by Gasteiger charge is 2.15. The van der Waals surface area contributed by atoms with Crippen LogP contribution in [0.1, 0.15) is 17.3 Å². The highest BCUT2D eigenvalue weighted by Crippen LogP contribution is 2.22. The molecule has 0 aromatic heterocycles. The zero-order valence-electron chi connectivity index (χ0n) is 11.2. The van der Waals surface area contributed by atoms with Crippen LogP contribution in [0.15, 0.2) is 18.2 Å². The van der Waals surface area contributed by atoms with Gasteiger partial charge in [-0.1, -0.05) is 11.6 Å². The summed E-state index contributed by atoms with van der Waals surface area (Å²) in [7, 11) is 1.52. The summed E-state index contributed by atoms with van der Waals surface area (Å²) in [5.41, 5.74) is -0.0489. The first-order valence-electron chi connectivity index (χ1n) is 5.88. The summed E-state index contributed by atoms with van der Waals surface area (Å²) < 4.78 is 9.65. The standard InChI is InChI=1S/C13H16ClNO5/c1-8(6-19-2)15-12(17)7-20-13(18)10-4-3-9(14)5-11(10)16/h3-5,8,16H,6-7H2,1-2H3,(H,15,17). The number of rotatable bonds is 6. The molecule has 0 fully saturated rings. The molecule has 0 aliphatic rings. The molecule has 0 radical (unpaired) electrons. The largest absolute Gasteiger partial charge is 0.507 e. The van der Waals surface area contributed by atoms with E-state index in [4.69, 9.17) is 21.1 Å². The minimum atomic E-state index is -0.797. The van der Waals surface area contributed by atoms with Crippen molar-refractivity contribution < 1.29 is 24.2 Å². The molecule has 0 saturated heterocycles. The Morgan fingerprint density at radius 1 is 1.45 bits per heavy atom. The molecule has 1 unspecified atom stereocenters. The van der Waals surface area contributed by atoms with Crippen LogP contribution < -0.4 is 5.32 Å². The number of phenols is 1. The molecule has 1 amide bonds. The Morgan fingerprint density at radius 3 is 2.75 bits per heavy atom. The summed E-state index contributed by atoms with van der Waals surface area (Å²) in [5, 5.41) is 12.4. The number of esters is 1. The first-order chi connectivity index (χ1) is 9.43. The van der Waals surface area contributed by atoms with E-state index in [0.29, 0.717) is 11.6 Å². The number of aromatic hydroxyl groups is 1. The highest BCUT2D eigenvalue weighted by atomic mass is 35.5. The second-order valence-electron chi connectivity index (χ2n) is 4.16. The van der Waals surface area contributed by atoms with E-state index < -0.39 is 18.5 Å². The first-order valence-corrected chi connectivity index (χ1v) is 6.25. The van der Waals surface area contributed by atoms with Crippen molar-refractivity contribution in [1.82, 2.24) is 5.32 Å². The number of ether oxygens (including phenoxy) is 2. The van der Waals surface area contributed by atoms with Crippen molar-refractivity contribution in [3.05, 3.63) is 28.8 Å². The van der Waals surface area contributed by atoms with Crippen LogP contribution in [0.25, 0.3) is 0 Å². The second-order valence-corrected chi connectivity index (χ2v) is 4.60. The quantitative estimate of drug-likeness (QED) is 0.775. The first kappa shape index (κ1) is 16.3. The van der Waals surface area contributed by atoms with Crippen LogP contribution in [0.4, 0.5) is 0 Å². The molecule has 110 valence electrons. The van der Waals surface area contributed by atoms with Crippen LogP contribution in [0.3, 0.4) is 0 Å². The second kappa shape index (κ2) is 7.72. The van der Waals surface area contributed by atoms with Gasteiger partial charge < -0.3 is 19.9 Å². The van der Waals surface area contributed by atoms with Crippen LogP contribution in [0.5, 0.6) is 5.75 Å². The van der Waals surface area contributed by atoms with Crippen molar-refractivity contribution in [1.29, 1.82) is 0 Å². The van der Waals surface area contributed by atoms with E-state index in [1.165, 1.54) is 25.3 Å². The van der Waals surface area contributed by atoms with Gasteiger partial charge in [-0.3, -0.25) is 4.79 Å². The zero-order valence-corrected chi connectivity index (χ0v) is 11.9. The molecule has 0 bridgehead atoms. The van der Waals surface area contributed by atoms with Crippen LogP contribution in [-0.4, -0.2) is 43.3 Å². The summed E-state index contributed by atoms with van der Waals surface area (Å²) >= 11 is 5.65. The Kier molecular flexibility index (Phi) is 6.27. The highest BCUT2D eigenvalue weighted by molar-refractivity contribution is 6.30. The number of benzene rings is 1. The molecule has 1 rings (SSSR count). The Morgan fingerprint density at radius 2 is 2.15 bits per heavy atom. The van der Waals surface area contributed by atoms with Gasteiger partial charge in [-0.2, -0.15) is 0 Å². The SMILES string of the molecule is COCC(C)NC(=O)COC(=O)c1ccc(Cl)cc1O. The molecule has 0 saturated carbocycles. The van der Waals surface area contributed by atoms with Gasteiger partial charge >= 0.3 is 5.97 Å². The van der Waals surface area contributed by atoms with Crippen LogP contribution in [0, 0.1) is 0 Å². The molecule has 6 nitrogen and oxygen atoms in total. The van der Waals surface area contributed by atoms with E-state index in [1.54, 1.807) is 6.92 Å². The van der Waals surface area contributed by atoms with E-state index in [2.05, 4.69) is 5.32 Å². The number of nitrogens with one attached hydrogen (secondary N) is 1. The summed E-state index contributed by atoms with van der Waals surface area (Å²) in [6, 6.07) is 3.80. The fourth-order valence-corrected chi connectivity index (χ4v) is 1.66. The maximum atomic E-state index is 11.7. The Hall–Kier alpha value is -1.79. The summed E-state index contributed by atoms with van der Waals surface area (Å²) in [6.45, 7) is 1.68. The Bertz CT molecular complexity index is 492. The van der Waals surface area contributed by atoms with Crippen LogP contribution in [0.2, 0.25) is 5.02 Å². The molecular formula is C13H16ClNO5. The van der Waals surface area contributed by atoms with Crippen molar-refractivity contribution in [2.24, 2.45) is 0 Å². The number of halogens is 1. The lowest BCUT2D eigenvalue weighted by Crippen LogP contribution is -2.38. The third kappa shape index (κ3) is 5.07. The third-order valence-corrected chi connectivity index (χ3v) is 2.57. The maximum absolute atomic E-state index is 11.7. The third-order valence-electron chi connectivity index (χ3n) is 2.34. The molecule has 20 heavy (non-hydrogen) atoms. The van der Waals surface area contributed by atoms with Crippen molar-refractivity contribution in [2.75, 3.05) is 20.3 Å². The normalized spacial score (nSPS) is 11.8. The van der Waals surface area contributed by atoms with E-state index in [0.717, 1.165) is 0 Å². The lowest BCUT2D eigenvalue weighted by molar-refractivity contribution is -0.125. The van der Waals surface area contributed by atoms with Gasteiger partial charge in [0.15, 0.2) is 6.61 Å². The minimum Gasteiger partial charge on any atom is -0.507 e. The van der Waals surface area contributed by atoms with Crippen LogP contribution in [-0.2, 0) is 14.3 Å². The Labute approximate surface area is 121 Å². The van der Waals surface area contributed by atoms with Gasteiger partial charge in [0.25, 0.3) is 5.91 Å². The molecular weight excluding hydrogens is 286 g/mol. The molecule has 0 aliphatic carbocycles. The average Bonchev–Trinajstić information content (AvgIpc) is 2.36. The van der Waals surface area contributed by atoms with Crippen molar-refractivity contribution in [3.8, 4) is 5.75 Å². The molecule has 7 heteroatoms. The molecule has 0 spiro atoms. The monoisotopic (exact) mass is 301 g/mol. The molecule has 2 N–H and O–H groups in total. The van der Waals surface area contributed by atoms with E-state index >= 15 is 0 Å². The van der Waals surface area contributed by atoms with Gasteiger partial charge in [-0.05, 0) is 25.1 Å². The fourth-order valence-electron chi connectivity index (χ4n) is 1.49. The molecule has 1 aromatic rings. The summed E-state index contributed by atoms with van der Waals surface area (Å²) in [5.74, 6) is -1.54. The lowest BCUT2D eigenvalue weighted by Gasteiger charge is -2.12. The average molecular weight is 302 g/mol. The lowest BCUT2D eigenvalue weighted by atomic mass is 10.2. The molecule has 1 atom stereocenters. The molecule has 1 aromatic carbocycles. The minimum absolute atomic E-state index is 0.0489. The fraction of sp³-hybridized carbons (Fsp3) is 0.385. The van der Waals surface area contributed by atoms with E-state index in [-0.39, 0.29) is 17.4 Å². The number of carbonyl (C=O) groups excluding carboxylic acids is 2. The topological polar surface area (TPSA) is 84.9 Å². The smallest absolute Gasteiger partial charge is 0.342 e. The number of hydrogen-bond donors (Lipinski definition) is 2. The number of amides is 1.